The van der Waals surface area contributed by atoms with E-state index in [4.69, 9.17) is 0 Å². The maximum Gasteiger partial charge on any atom is 0.222 e. The lowest BCUT2D eigenvalue weighted by Gasteiger charge is -2.17. The van der Waals surface area contributed by atoms with Gasteiger partial charge in [0.15, 0.2) is 0 Å². The number of anilines is 1. The number of amides is 1. The van der Waals surface area contributed by atoms with Gasteiger partial charge in [-0.25, -0.2) is 4.98 Å². The third-order valence-electron chi connectivity index (χ3n) is 3.23. The third-order valence-corrected chi connectivity index (χ3v) is 3.23. The molecule has 2 heterocycles. The van der Waals surface area contributed by atoms with Crippen LogP contribution in [0.15, 0.2) is 18.3 Å². The van der Waals surface area contributed by atoms with Crippen LogP contribution < -0.4 is 10.2 Å². The minimum atomic E-state index is 0.0323. The fraction of sp³-hybridized carbons (Fsp3) is 0.571. The molecule has 0 aromatic carbocycles. The highest BCUT2D eigenvalue weighted by Crippen LogP contribution is 2.18. The second-order valence-electron chi connectivity index (χ2n) is 5.09. The molecule has 0 unspecified atom stereocenters. The summed E-state index contributed by atoms with van der Waals surface area (Å²) >= 11 is 0. The second-order valence-corrected chi connectivity index (χ2v) is 5.09. The summed E-state index contributed by atoms with van der Waals surface area (Å²) in [5.41, 5.74) is 1.11. The zero-order chi connectivity index (χ0) is 13.0. The number of aromatic nitrogens is 1. The van der Waals surface area contributed by atoms with Gasteiger partial charge in [0.05, 0.1) is 0 Å². The van der Waals surface area contributed by atoms with Gasteiger partial charge < -0.3 is 10.2 Å². The number of rotatable bonds is 4. The van der Waals surface area contributed by atoms with E-state index >= 15 is 0 Å². The van der Waals surface area contributed by atoms with Crippen molar-refractivity contribution in [2.75, 3.05) is 18.0 Å². The first-order chi connectivity index (χ1) is 8.66. The molecular formula is C14H21N3O. The van der Waals surface area contributed by atoms with Crippen LogP contribution in [0.1, 0.15) is 32.3 Å². The largest absolute Gasteiger partial charge is 0.357 e. The van der Waals surface area contributed by atoms with Gasteiger partial charge in [0.25, 0.3) is 0 Å². The Labute approximate surface area is 108 Å². The van der Waals surface area contributed by atoms with E-state index in [1.54, 1.807) is 0 Å². The Hall–Kier alpha value is -1.58. The molecule has 1 N–H and O–H groups in total. The van der Waals surface area contributed by atoms with Crippen LogP contribution in [0.25, 0.3) is 0 Å². The highest BCUT2D eigenvalue weighted by Gasteiger charge is 2.13. The number of carbonyl (C=O) groups is 1. The molecule has 4 heteroatoms. The molecule has 1 aromatic rings. The van der Waals surface area contributed by atoms with Crippen molar-refractivity contribution in [2.24, 2.45) is 5.92 Å². The molecule has 0 saturated carbocycles. The summed E-state index contributed by atoms with van der Waals surface area (Å²) in [7, 11) is 0. The zero-order valence-corrected chi connectivity index (χ0v) is 11.1. The van der Waals surface area contributed by atoms with Crippen LogP contribution in [-0.4, -0.2) is 24.0 Å². The SMILES string of the molecule is CC(C)C(=O)NCc1ccnc(N2CCCC2)c1. The Morgan fingerprint density at radius 3 is 2.83 bits per heavy atom. The maximum atomic E-state index is 11.5. The van der Waals surface area contributed by atoms with Crippen LogP contribution in [0.4, 0.5) is 5.82 Å². The molecule has 1 aliphatic heterocycles. The van der Waals surface area contributed by atoms with E-state index in [2.05, 4.69) is 21.3 Å². The highest BCUT2D eigenvalue weighted by molar-refractivity contribution is 5.77. The summed E-state index contributed by atoms with van der Waals surface area (Å²) in [6.45, 7) is 6.57. The van der Waals surface area contributed by atoms with Crippen LogP contribution in [0, 0.1) is 5.92 Å². The Morgan fingerprint density at radius 2 is 2.17 bits per heavy atom. The molecule has 4 nitrogen and oxygen atoms in total. The molecule has 0 spiro atoms. The molecule has 0 aliphatic carbocycles. The molecular weight excluding hydrogens is 226 g/mol. The average Bonchev–Trinajstić information content (AvgIpc) is 2.90. The Kier molecular flexibility index (Phi) is 4.18. The fourth-order valence-corrected chi connectivity index (χ4v) is 2.08. The predicted octanol–water partition coefficient (Wildman–Crippen LogP) is 1.95. The molecule has 1 fully saturated rings. The van der Waals surface area contributed by atoms with Gasteiger partial charge in [-0.1, -0.05) is 13.8 Å². The van der Waals surface area contributed by atoms with E-state index in [1.165, 1.54) is 12.8 Å². The van der Waals surface area contributed by atoms with Crippen molar-refractivity contribution in [3.05, 3.63) is 23.9 Å². The lowest BCUT2D eigenvalue weighted by molar-refractivity contribution is -0.124. The number of nitrogens with one attached hydrogen (secondary N) is 1. The van der Waals surface area contributed by atoms with Crippen molar-refractivity contribution in [2.45, 2.75) is 33.2 Å². The highest BCUT2D eigenvalue weighted by atomic mass is 16.1. The first-order valence-corrected chi connectivity index (χ1v) is 6.64. The first kappa shape index (κ1) is 12.9. The van der Waals surface area contributed by atoms with E-state index in [1.807, 2.05) is 26.1 Å². The molecule has 1 saturated heterocycles. The normalized spacial score (nSPS) is 15.2. The van der Waals surface area contributed by atoms with Gasteiger partial charge >= 0.3 is 0 Å². The molecule has 0 bridgehead atoms. The van der Waals surface area contributed by atoms with E-state index in [0.29, 0.717) is 6.54 Å². The van der Waals surface area contributed by atoms with Crippen LogP contribution in [0.3, 0.4) is 0 Å². The minimum absolute atomic E-state index is 0.0323. The van der Waals surface area contributed by atoms with Crippen molar-refractivity contribution in [1.82, 2.24) is 10.3 Å². The molecule has 2 rings (SSSR count). The molecule has 1 aliphatic rings. The summed E-state index contributed by atoms with van der Waals surface area (Å²) in [6.07, 6.45) is 4.32. The van der Waals surface area contributed by atoms with Crippen LogP contribution in [0.2, 0.25) is 0 Å². The van der Waals surface area contributed by atoms with Crippen LogP contribution in [0.5, 0.6) is 0 Å². The lowest BCUT2D eigenvalue weighted by Crippen LogP contribution is -2.27. The number of carbonyl (C=O) groups excluding carboxylic acids is 1. The van der Waals surface area contributed by atoms with Gasteiger partial charge in [0.2, 0.25) is 5.91 Å². The Bertz CT molecular complexity index is 411. The van der Waals surface area contributed by atoms with Crippen molar-refractivity contribution in [3.63, 3.8) is 0 Å². The topological polar surface area (TPSA) is 45.2 Å². The van der Waals surface area contributed by atoms with Gasteiger partial charge in [0, 0.05) is 31.7 Å². The van der Waals surface area contributed by atoms with Crippen molar-refractivity contribution in [3.8, 4) is 0 Å². The standard InChI is InChI=1S/C14H21N3O/c1-11(2)14(18)16-10-12-5-6-15-13(9-12)17-7-3-4-8-17/h5-6,9,11H,3-4,7-8,10H2,1-2H3,(H,16,18). The predicted molar refractivity (Wildman–Crippen MR) is 72.4 cm³/mol. The van der Waals surface area contributed by atoms with Gasteiger partial charge in [-0.2, -0.15) is 0 Å². The van der Waals surface area contributed by atoms with Crippen molar-refractivity contribution in [1.29, 1.82) is 0 Å². The number of hydrogen-bond donors (Lipinski definition) is 1. The van der Waals surface area contributed by atoms with Gasteiger partial charge in [0.1, 0.15) is 5.82 Å². The van der Waals surface area contributed by atoms with Crippen LogP contribution >= 0.6 is 0 Å². The van der Waals surface area contributed by atoms with Gasteiger partial charge in [-0.3, -0.25) is 4.79 Å². The van der Waals surface area contributed by atoms with Crippen molar-refractivity contribution < 1.29 is 4.79 Å². The minimum Gasteiger partial charge on any atom is -0.357 e. The van der Waals surface area contributed by atoms with E-state index in [-0.39, 0.29) is 11.8 Å². The quantitative estimate of drug-likeness (QED) is 0.884. The fourth-order valence-electron chi connectivity index (χ4n) is 2.08. The number of pyridine rings is 1. The molecule has 98 valence electrons. The molecule has 1 amide bonds. The Balaban J connectivity index is 1.96. The molecule has 0 atom stereocenters. The summed E-state index contributed by atoms with van der Waals surface area (Å²) in [6, 6.07) is 4.03. The Morgan fingerprint density at radius 1 is 1.44 bits per heavy atom. The molecule has 18 heavy (non-hydrogen) atoms. The lowest BCUT2D eigenvalue weighted by atomic mass is 10.2. The number of nitrogens with zero attached hydrogens (tertiary/aromatic N) is 2. The smallest absolute Gasteiger partial charge is 0.222 e. The third kappa shape index (κ3) is 3.22. The van der Waals surface area contributed by atoms with E-state index < -0.39 is 0 Å². The summed E-state index contributed by atoms with van der Waals surface area (Å²) in [5.74, 6) is 1.16. The van der Waals surface area contributed by atoms with Crippen LogP contribution in [-0.2, 0) is 11.3 Å². The number of hydrogen-bond acceptors (Lipinski definition) is 3. The van der Waals surface area contributed by atoms with E-state index in [0.717, 1.165) is 24.5 Å². The maximum absolute atomic E-state index is 11.5. The van der Waals surface area contributed by atoms with Gasteiger partial charge in [-0.05, 0) is 30.5 Å². The summed E-state index contributed by atoms with van der Waals surface area (Å²) < 4.78 is 0. The van der Waals surface area contributed by atoms with Crippen molar-refractivity contribution >= 4 is 11.7 Å². The monoisotopic (exact) mass is 247 g/mol. The van der Waals surface area contributed by atoms with E-state index in [9.17, 15) is 4.79 Å². The first-order valence-electron chi connectivity index (χ1n) is 6.64. The molecule has 0 radical (unpaired) electrons. The molecule has 1 aromatic heterocycles. The second kappa shape index (κ2) is 5.85. The average molecular weight is 247 g/mol. The zero-order valence-electron chi connectivity index (χ0n) is 11.1. The van der Waals surface area contributed by atoms with Gasteiger partial charge in [-0.15, -0.1) is 0 Å². The summed E-state index contributed by atoms with van der Waals surface area (Å²) in [4.78, 5) is 18.2. The summed E-state index contributed by atoms with van der Waals surface area (Å²) in [5, 5.41) is 2.93.